The normalized spacial score (nSPS) is 10.7. The standard InChI is InChI=1S/C20H19FN2O3/c1-2-3-13-10-19(24)23-18-11-15(6-9-17(13)18)22-20(25)12-26-16-7-4-14(21)5-8-16/h4-11H,2-3,12H2,1H3,(H,22,25)(H,23,24). The van der Waals surface area contributed by atoms with Crippen LogP contribution in [-0.2, 0) is 11.2 Å². The second-order valence-corrected chi connectivity index (χ2v) is 5.96. The number of aromatic amines is 1. The molecule has 134 valence electrons. The maximum Gasteiger partial charge on any atom is 0.262 e. The van der Waals surface area contributed by atoms with Gasteiger partial charge in [-0.25, -0.2) is 4.39 Å². The molecule has 6 heteroatoms. The lowest BCUT2D eigenvalue weighted by molar-refractivity contribution is -0.118. The predicted molar refractivity (Wildman–Crippen MR) is 99.1 cm³/mol. The summed E-state index contributed by atoms with van der Waals surface area (Å²) in [6.07, 6.45) is 1.76. The monoisotopic (exact) mass is 354 g/mol. The molecule has 0 unspecified atom stereocenters. The fraction of sp³-hybridized carbons (Fsp3) is 0.200. The minimum Gasteiger partial charge on any atom is -0.484 e. The second kappa shape index (κ2) is 7.82. The number of aromatic nitrogens is 1. The van der Waals surface area contributed by atoms with Gasteiger partial charge in [0.05, 0.1) is 5.52 Å². The zero-order valence-corrected chi connectivity index (χ0v) is 14.3. The number of amides is 1. The van der Waals surface area contributed by atoms with Crippen LogP contribution in [0.25, 0.3) is 10.9 Å². The van der Waals surface area contributed by atoms with Crippen molar-refractivity contribution in [2.75, 3.05) is 11.9 Å². The van der Waals surface area contributed by atoms with Crippen LogP contribution in [0.2, 0.25) is 0 Å². The summed E-state index contributed by atoms with van der Waals surface area (Å²) in [5, 5.41) is 3.69. The highest BCUT2D eigenvalue weighted by Crippen LogP contribution is 2.21. The van der Waals surface area contributed by atoms with Gasteiger partial charge in [-0.1, -0.05) is 19.4 Å². The SMILES string of the molecule is CCCc1cc(=O)[nH]c2cc(NC(=O)COc3ccc(F)cc3)ccc12. The highest BCUT2D eigenvalue weighted by molar-refractivity contribution is 5.94. The van der Waals surface area contributed by atoms with Crippen molar-refractivity contribution < 1.29 is 13.9 Å². The van der Waals surface area contributed by atoms with Gasteiger partial charge in [0.15, 0.2) is 6.61 Å². The Balaban J connectivity index is 1.71. The third-order valence-electron chi connectivity index (χ3n) is 3.92. The first-order chi connectivity index (χ1) is 12.5. The number of rotatable bonds is 6. The van der Waals surface area contributed by atoms with E-state index in [-0.39, 0.29) is 23.9 Å². The third kappa shape index (κ3) is 4.27. The molecule has 0 aliphatic rings. The Morgan fingerprint density at radius 3 is 2.65 bits per heavy atom. The molecule has 0 saturated heterocycles. The van der Waals surface area contributed by atoms with Gasteiger partial charge in [-0.15, -0.1) is 0 Å². The molecule has 1 heterocycles. The van der Waals surface area contributed by atoms with E-state index in [9.17, 15) is 14.0 Å². The lowest BCUT2D eigenvalue weighted by Gasteiger charge is -2.10. The van der Waals surface area contributed by atoms with Gasteiger partial charge in [-0.3, -0.25) is 9.59 Å². The quantitative estimate of drug-likeness (QED) is 0.710. The molecule has 3 rings (SSSR count). The first-order valence-electron chi connectivity index (χ1n) is 8.39. The number of H-pyrrole nitrogens is 1. The molecule has 3 aromatic rings. The molecule has 5 nitrogen and oxygen atoms in total. The summed E-state index contributed by atoms with van der Waals surface area (Å²) in [5.41, 5.74) is 2.07. The lowest BCUT2D eigenvalue weighted by Crippen LogP contribution is -2.20. The van der Waals surface area contributed by atoms with E-state index in [1.54, 1.807) is 18.2 Å². The summed E-state index contributed by atoms with van der Waals surface area (Å²) >= 11 is 0. The van der Waals surface area contributed by atoms with E-state index in [1.165, 1.54) is 24.3 Å². The molecule has 0 saturated carbocycles. The van der Waals surface area contributed by atoms with E-state index in [1.807, 2.05) is 6.07 Å². The topological polar surface area (TPSA) is 71.2 Å². The summed E-state index contributed by atoms with van der Waals surface area (Å²) in [7, 11) is 0. The van der Waals surface area contributed by atoms with Gasteiger partial charge in [0, 0.05) is 17.1 Å². The largest absolute Gasteiger partial charge is 0.484 e. The van der Waals surface area contributed by atoms with Crippen molar-refractivity contribution in [3.05, 3.63) is 70.3 Å². The van der Waals surface area contributed by atoms with E-state index in [2.05, 4.69) is 17.2 Å². The molecule has 0 aliphatic heterocycles. The summed E-state index contributed by atoms with van der Waals surface area (Å²) in [6, 6.07) is 12.5. The number of carbonyl (C=O) groups is 1. The average Bonchev–Trinajstić information content (AvgIpc) is 2.61. The number of hydrogen-bond acceptors (Lipinski definition) is 3. The molecular weight excluding hydrogens is 335 g/mol. The molecule has 2 aromatic carbocycles. The van der Waals surface area contributed by atoms with E-state index in [0.717, 1.165) is 23.8 Å². The molecule has 2 N–H and O–H groups in total. The molecular formula is C20H19FN2O3. The van der Waals surface area contributed by atoms with Crippen LogP contribution in [0.1, 0.15) is 18.9 Å². The van der Waals surface area contributed by atoms with Crippen LogP contribution in [0.5, 0.6) is 5.75 Å². The van der Waals surface area contributed by atoms with E-state index in [4.69, 9.17) is 4.74 Å². The Morgan fingerprint density at radius 2 is 1.92 bits per heavy atom. The van der Waals surface area contributed by atoms with Gasteiger partial charge in [-0.05, 0) is 48.4 Å². The molecule has 0 bridgehead atoms. The molecule has 1 amide bonds. The molecule has 0 radical (unpaired) electrons. The number of benzene rings is 2. The van der Waals surface area contributed by atoms with E-state index < -0.39 is 0 Å². The maximum atomic E-state index is 12.8. The number of halogens is 1. The number of hydrogen-bond donors (Lipinski definition) is 2. The number of aryl methyl sites for hydroxylation is 1. The van der Waals surface area contributed by atoms with Crippen LogP contribution >= 0.6 is 0 Å². The highest BCUT2D eigenvalue weighted by atomic mass is 19.1. The summed E-state index contributed by atoms with van der Waals surface area (Å²) in [4.78, 5) is 26.6. The van der Waals surface area contributed by atoms with Crippen LogP contribution in [0.4, 0.5) is 10.1 Å². The van der Waals surface area contributed by atoms with Crippen LogP contribution in [-0.4, -0.2) is 17.5 Å². The first-order valence-corrected chi connectivity index (χ1v) is 8.39. The van der Waals surface area contributed by atoms with Crippen molar-refractivity contribution in [3.8, 4) is 5.75 Å². The van der Waals surface area contributed by atoms with Gasteiger partial charge in [0.2, 0.25) is 5.56 Å². The summed E-state index contributed by atoms with van der Waals surface area (Å²) < 4.78 is 18.2. The Morgan fingerprint density at radius 1 is 1.15 bits per heavy atom. The molecule has 0 atom stereocenters. The molecule has 1 aromatic heterocycles. The maximum absolute atomic E-state index is 12.8. The predicted octanol–water partition coefficient (Wildman–Crippen LogP) is 3.64. The highest BCUT2D eigenvalue weighted by Gasteiger charge is 2.07. The number of ether oxygens (including phenoxy) is 1. The summed E-state index contributed by atoms with van der Waals surface area (Å²) in [6.45, 7) is 1.86. The fourth-order valence-electron chi connectivity index (χ4n) is 2.76. The smallest absolute Gasteiger partial charge is 0.262 e. The number of nitrogens with one attached hydrogen (secondary N) is 2. The Labute approximate surface area is 149 Å². The van der Waals surface area contributed by atoms with E-state index >= 15 is 0 Å². The van der Waals surface area contributed by atoms with Crippen LogP contribution in [0, 0.1) is 5.82 Å². The number of fused-ring (bicyclic) bond motifs is 1. The average molecular weight is 354 g/mol. The number of anilines is 1. The number of pyridine rings is 1. The van der Waals surface area contributed by atoms with E-state index in [0.29, 0.717) is 17.0 Å². The van der Waals surface area contributed by atoms with Crippen molar-refractivity contribution >= 4 is 22.5 Å². The van der Waals surface area contributed by atoms with Gasteiger partial charge in [0.1, 0.15) is 11.6 Å². The van der Waals surface area contributed by atoms with Crippen molar-refractivity contribution in [2.24, 2.45) is 0 Å². The van der Waals surface area contributed by atoms with Crippen molar-refractivity contribution in [3.63, 3.8) is 0 Å². The first kappa shape index (κ1) is 17.7. The van der Waals surface area contributed by atoms with Gasteiger partial charge < -0.3 is 15.0 Å². The van der Waals surface area contributed by atoms with Crippen molar-refractivity contribution in [1.29, 1.82) is 0 Å². The molecule has 0 fully saturated rings. The number of carbonyl (C=O) groups excluding carboxylic acids is 1. The van der Waals surface area contributed by atoms with Gasteiger partial charge in [-0.2, -0.15) is 0 Å². The fourth-order valence-corrected chi connectivity index (χ4v) is 2.76. The zero-order valence-electron chi connectivity index (χ0n) is 14.3. The Kier molecular flexibility index (Phi) is 5.31. The van der Waals surface area contributed by atoms with Crippen LogP contribution in [0.15, 0.2) is 53.3 Å². The van der Waals surface area contributed by atoms with Gasteiger partial charge in [0.25, 0.3) is 5.91 Å². The summed E-state index contributed by atoms with van der Waals surface area (Å²) in [5.74, 6) is -0.302. The lowest BCUT2D eigenvalue weighted by atomic mass is 10.0. The molecule has 0 aliphatic carbocycles. The third-order valence-corrected chi connectivity index (χ3v) is 3.92. The Hall–Kier alpha value is -3.15. The van der Waals surface area contributed by atoms with Gasteiger partial charge >= 0.3 is 0 Å². The minimum atomic E-state index is -0.366. The van der Waals surface area contributed by atoms with Crippen molar-refractivity contribution in [1.82, 2.24) is 4.98 Å². The second-order valence-electron chi connectivity index (χ2n) is 5.96. The molecule has 26 heavy (non-hydrogen) atoms. The minimum absolute atomic E-state index is 0.163. The zero-order chi connectivity index (χ0) is 18.5. The van der Waals surface area contributed by atoms with Crippen LogP contribution < -0.4 is 15.6 Å². The molecule has 0 spiro atoms. The van der Waals surface area contributed by atoms with Crippen molar-refractivity contribution in [2.45, 2.75) is 19.8 Å². The Bertz CT molecular complexity index is 981. The van der Waals surface area contributed by atoms with Crippen LogP contribution in [0.3, 0.4) is 0 Å².